The average molecular weight is 288 g/mol. The fourth-order valence-corrected chi connectivity index (χ4v) is 3.39. The first-order valence-corrected chi connectivity index (χ1v) is 7.96. The van der Waals surface area contributed by atoms with Gasteiger partial charge in [-0.2, -0.15) is 0 Å². The molecule has 5 nitrogen and oxygen atoms in total. The normalized spacial score (nSPS) is 25.2. The minimum Gasteiger partial charge on any atom is -0.367 e. The quantitative estimate of drug-likeness (QED) is 0.789. The lowest BCUT2D eigenvalue weighted by Crippen LogP contribution is -2.41. The van der Waals surface area contributed by atoms with Crippen LogP contribution < -0.4 is 16.4 Å². The lowest BCUT2D eigenvalue weighted by molar-refractivity contribution is 0.100. The SMILES string of the molecule is CC1CC(Nc2nc3c(cc2C(N)=O)CCCC3)CCN1. The fraction of sp³-hybridized carbons (Fsp3) is 0.625. The minimum atomic E-state index is -0.389. The topological polar surface area (TPSA) is 80.0 Å². The Kier molecular flexibility index (Phi) is 4.10. The standard InChI is InChI=1S/C16H24N4O/c1-10-8-12(6-7-18-10)19-16-13(15(17)21)9-11-4-2-3-5-14(11)20-16/h9-10,12,18H,2-8H2,1H3,(H2,17,21)(H,19,20). The van der Waals surface area contributed by atoms with E-state index in [2.05, 4.69) is 17.6 Å². The molecule has 1 aromatic heterocycles. The van der Waals surface area contributed by atoms with Crippen molar-refractivity contribution >= 4 is 11.7 Å². The van der Waals surface area contributed by atoms with Gasteiger partial charge in [-0.1, -0.05) is 0 Å². The maximum atomic E-state index is 11.7. The molecule has 2 atom stereocenters. The molecule has 2 heterocycles. The van der Waals surface area contributed by atoms with Gasteiger partial charge in [0.15, 0.2) is 0 Å². The van der Waals surface area contributed by atoms with E-state index in [4.69, 9.17) is 10.7 Å². The molecule has 114 valence electrons. The van der Waals surface area contributed by atoms with E-state index in [1.807, 2.05) is 6.07 Å². The second-order valence-corrected chi connectivity index (χ2v) is 6.28. The van der Waals surface area contributed by atoms with E-state index in [9.17, 15) is 4.79 Å². The molecule has 0 saturated carbocycles. The van der Waals surface area contributed by atoms with Gasteiger partial charge in [-0.25, -0.2) is 4.98 Å². The summed E-state index contributed by atoms with van der Waals surface area (Å²) in [4.78, 5) is 16.5. The molecule has 3 rings (SSSR count). The summed E-state index contributed by atoms with van der Waals surface area (Å²) in [6.07, 6.45) is 6.45. The third kappa shape index (κ3) is 3.18. The predicted molar refractivity (Wildman–Crippen MR) is 83.5 cm³/mol. The summed E-state index contributed by atoms with van der Waals surface area (Å²) < 4.78 is 0. The molecule has 0 aromatic carbocycles. The number of carbonyl (C=O) groups is 1. The van der Waals surface area contributed by atoms with Gasteiger partial charge in [-0.3, -0.25) is 4.79 Å². The molecule has 0 spiro atoms. The van der Waals surface area contributed by atoms with Crippen LogP contribution in [0.2, 0.25) is 0 Å². The number of rotatable bonds is 3. The highest BCUT2D eigenvalue weighted by Gasteiger charge is 2.22. The number of primary amides is 1. The highest BCUT2D eigenvalue weighted by atomic mass is 16.1. The van der Waals surface area contributed by atoms with E-state index < -0.39 is 0 Å². The number of aryl methyl sites for hydroxylation is 2. The lowest BCUT2D eigenvalue weighted by Gasteiger charge is -2.30. The van der Waals surface area contributed by atoms with Gasteiger partial charge in [-0.15, -0.1) is 0 Å². The fourth-order valence-electron chi connectivity index (χ4n) is 3.39. The van der Waals surface area contributed by atoms with E-state index in [1.54, 1.807) is 0 Å². The summed E-state index contributed by atoms with van der Waals surface area (Å²) in [5.74, 6) is 0.294. The van der Waals surface area contributed by atoms with Crippen LogP contribution in [0.15, 0.2) is 6.07 Å². The van der Waals surface area contributed by atoms with Gasteiger partial charge in [0.1, 0.15) is 5.82 Å². The molecule has 2 aliphatic rings. The van der Waals surface area contributed by atoms with Gasteiger partial charge in [-0.05, 0) is 63.6 Å². The summed E-state index contributed by atoms with van der Waals surface area (Å²) in [5, 5.41) is 6.89. The van der Waals surface area contributed by atoms with Gasteiger partial charge in [0.2, 0.25) is 0 Å². The summed E-state index contributed by atoms with van der Waals surface area (Å²) in [6.45, 7) is 3.18. The van der Waals surface area contributed by atoms with Crippen LogP contribution in [0.25, 0.3) is 0 Å². The monoisotopic (exact) mass is 288 g/mol. The zero-order valence-corrected chi connectivity index (χ0v) is 12.6. The van der Waals surface area contributed by atoms with Crippen molar-refractivity contribution < 1.29 is 4.79 Å². The van der Waals surface area contributed by atoms with Crippen LogP contribution in [-0.2, 0) is 12.8 Å². The summed E-state index contributed by atoms with van der Waals surface area (Å²) >= 11 is 0. The van der Waals surface area contributed by atoms with Gasteiger partial charge in [0.25, 0.3) is 5.91 Å². The average Bonchev–Trinajstić information content (AvgIpc) is 2.46. The van der Waals surface area contributed by atoms with Crippen LogP contribution in [0.5, 0.6) is 0 Å². The summed E-state index contributed by atoms with van der Waals surface area (Å²) in [7, 11) is 0. The largest absolute Gasteiger partial charge is 0.367 e. The number of amides is 1. The first kappa shape index (κ1) is 14.3. The van der Waals surface area contributed by atoms with Gasteiger partial charge in [0.05, 0.1) is 5.56 Å². The Bertz CT molecular complexity index is 543. The Morgan fingerprint density at radius 1 is 1.43 bits per heavy atom. The number of nitrogens with two attached hydrogens (primary N) is 1. The number of aromatic nitrogens is 1. The van der Waals surface area contributed by atoms with Crippen LogP contribution in [0.1, 0.15) is 54.2 Å². The predicted octanol–water partition coefficient (Wildman–Crippen LogP) is 1.61. The number of anilines is 1. The molecule has 1 fully saturated rings. The maximum Gasteiger partial charge on any atom is 0.252 e. The summed E-state index contributed by atoms with van der Waals surface area (Å²) in [5.41, 5.74) is 8.42. The number of carbonyl (C=O) groups excluding carboxylic acids is 1. The first-order valence-electron chi connectivity index (χ1n) is 7.96. The maximum absolute atomic E-state index is 11.7. The van der Waals surface area contributed by atoms with Crippen molar-refractivity contribution in [3.8, 4) is 0 Å². The van der Waals surface area contributed by atoms with Crippen molar-refractivity contribution in [2.24, 2.45) is 5.73 Å². The molecule has 5 heteroatoms. The molecule has 1 aliphatic carbocycles. The Labute approximate surface area is 125 Å². The van der Waals surface area contributed by atoms with Gasteiger partial charge >= 0.3 is 0 Å². The van der Waals surface area contributed by atoms with E-state index in [-0.39, 0.29) is 5.91 Å². The molecule has 1 amide bonds. The molecular weight excluding hydrogens is 264 g/mol. The molecular formula is C16H24N4O. The van der Waals surface area contributed by atoms with E-state index in [0.29, 0.717) is 23.5 Å². The van der Waals surface area contributed by atoms with Crippen LogP contribution in [-0.4, -0.2) is 29.5 Å². The van der Waals surface area contributed by atoms with Crippen LogP contribution >= 0.6 is 0 Å². The van der Waals surface area contributed by atoms with Crippen LogP contribution in [0, 0.1) is 0 Å². The minimum absolute atomic E-state index is 0.355. The highest BCUT2D eigenvalue weighted by Crippen LogP contribution is 2.26. The Balaban J connectivity index is 1.87. The number of hydrogen-bond donors (Lipinski definition) is 3. The second-order valence-electron chi connectivity index (χ2n) is 6.28. The van der Waals surface area contributed by atoms with Crippen molar-refractivity contribution in [1.82, 2.24) is 10.3 Å². The molecule has 0 bridgehead atoms. The van der Waals surface area contributed by atoms with E-state index >= 15 is 0 Å². The van der Waals surface area contributed by atoms with E-state index in [0.717, 1.165) is 37.9 Å². The Hall–Kier alpha value is -1.62. The summed E-state index contributed by atoms with van der Waals surface area (Å²) in [6, 6.07) is 2.80. The van der Waals surface area contributed by atoms with Crippen LogP contribution in [0.3, 0.4) is 0 Å². The van der Waals surface area contributed by atoms with Crippen molar-refractivity contribution in [2.75, 3.05) is 11.9 Å². The van der Waals surface area contributed by atoms with Crippen molar-refractivity contribution in [3.63, 3.8) is 0 Å². The Morgan fingerprint density at radius 3 is 3.00 bits per heavy atom. The first-order chi connectivity index (χ1) is 10.1. The highest BCUT2D eigenvalue weighted by molar-refractivity contribution is 5.97. The van der Waals surface area contributed by atoms with Gasteiger partial charge < -0.3 is 16.4 Å². The number of fused-ring (bicyclic) bond motifs is 1. The van der Waals surface area contributed by atoms with Gasteiger partial charge in [0, 0.05) is 17.8 Å². The zero-order chi connectivity index (χ0) is 14.8. The molecule has 4 N–H and O–H groups in total. The number of piperidine rings is 1. The number of nitrogens with one attached hydrogen (secondary N) is 2. The van der Waals surface area contributed by atoms with Crippen molar-refractivity contribution in [2.45, 2.75) is 57.5 Å². The third-order valence-electron chi connectivity index (χ3n) is 4.53. The molecule has 1 aliphatic heterocycles. The number of hydrogen-bond acceptors (Lipinski definition) is 4. The molecule has 0 radical (unpaired) electrons. The Morgan fingerprint density at radius 2 is 2.24 bits per heavy atom. The molecule has 1 aromatic rings. The number of pyridine rings is 1. The van der Waals surface area contributed by atoms with Crippen molar-refractivity contribution in [3.05, 3.63) is 22.9 Å². The lowest BCUT2D eigenvalue weighted by atomic mass is 9.94. The second kappa shape index (κ2) is 6.02. The molecule has 21 heavy (non-hydrogen) atoms. The number of nitrogens with zero attached hydrogens (tertiary/aromatic N) is 1. The van der Waals surface area contributed by atoms with Crippen LogP contribution in [0.4, 0.5) is 5.82 Å². The third-order valence-corrected chi connectivity index (χ3v) is 4.53. The van der Waals surface area contributed by atoms with E-state index in [1.165, 1.54) is 18.4 Å². The molecule has 2 unspecified atom stereocenters. The zero-order valence-electron chi connectivity index (χ0n) is 12.6. The molecule has 1 saturated heterocycles. The smallest absolute Gasteiger partial charge is 0.252 e. The van der Waals surface area contributed by atoms with Crippen molar-refractivity contribution in [1.29, 1.82) is 0 Å².